The monoisotopic (exact) mass is 462 g/mol. The van der Waals surface area contributed by atoms with E-state index in [4.69, 9.17) is 16.3 Å². The van der Waals surface area contributed by atoms with Crippen molar-refractivity contribution in [3.05, 3.63) is 106 Å². The molecule has 1 aliphatic heterocycles. The Balaban J connectivity index is 1.38. The van der Waals surface area contributed by atoms with Gasteiger partial charge in [-0.25, -0.2) is 0 Å². The van der Waals surface area contributed by atoms with Crippen molar-refractivity contribution >= 4 is 17.5 Å². The van der Waals surface area contributed by atoms with Crippen molar-refractivity contribution in [2.45, 2.75) is 26.6 Å². The lowest BCUT2D eigenvalue weighted by Gasteiger charge is -2.36. The van der Waals surface area contributed by atoms with Crippen LogP contribution in [-0.2, 0) is 11.3 Å². The normalized spacial score (nSPS) is 15.4. The zero-order valence-electron chi connectivity index (χ0n) is 19.3. The van der Waals surface area contributed by atoms with E-state index in [0.717, 1.165) is 54.4 Å². The molecule has 1 aliphatic rings. The summed E-state index contributed by atoms with van der Waals surface area (Å²) in [6.07, 6.45) is -0.0675. The third kappa shape index (κ3) is 6.44. The molecule has 1 atom stereocenters. The Bertz CT molecular complexity index is 1060. The maximum absolute atomic E-state index is 12.9. The van der Waals surface area contributed by atoms with Gasteiger partial charge in [0, 0.05) is 43.3 Å². The number of aryl methyl sites for hydroxylation is 2. The molecule has 33 heavy (non-hydrogen) atoms. The Morgan fingerprint density at radius 1 is 0.909 bits per heavy atom. The van der Waals surface area contributed by atoms with Crippen LogP contribution < -0.4 is 0 Å². The first-order chi connectivity index (χ1) is 16.0. The molecule has 1 saturated heterocycles. The van der Waals surface area contributed by atoms with Gasteiger partial charge in [0.25, 0.3) is 5.91 Å². The summed E-state index contributed by atoms with van der Waals surface area (Å²) in [6.45, 7) is 8.56. The summed E-state index contributed by atoms with van der Waals surface area (Å²) in [5.41, 5.74) is 5.44. The summed E-state index contributed by atoms with van der Waals surface area (Å²) in [4.78, 5) is 17.2. The highest BCUT2D eigenvalue weighted by Gasteiger charge is 2.25. The van der Waals surface area contributed by atoms with Crippen molar-refractivity contribution in [1.82, 2.24) is 9.80 Å². The average molecular weight is 463 g/mol. The maximum Gasteiger partial charge on any atom is 0.253 e. The molecule has 1 fully saturated rings. The van der Waals surface area contributed by atoms with Crippen molar-refractivity contribution in [2.24, 2.45) is 0 Å². The Kier molecular flexibility index (Phi) is 7.81. The summed E-state index contributed by atoms with van der Waals surface area (Å²) in [5, 5.41) is 0.722. The van der Waals surface area contributed by atoms with Crippen LogP contribution in [0.25, 0.3) is 0 Å². The highest BCUT2D eigenvalue weighted by Crippen LogP contribution is 2.24. The lowest BCUT2D eigenvalue weighted by Crippen LogP contribution is -2.49. The van der Waals surface area contributed by atoms with Gasteiger partial charge >= 0.3 is 0 Å². The zero-order chi connectivity index (χ0) is 23.2. The highest BCUT2D eigenvalue weighted by atomic mass is 35.5. The molecule has 5 heteroatoms. The number of nitrogens with zero attached hydrogens (tertiary/aromatic N) is 2. The first-order valence-electron chi connectivity index (χ1n) is 11.5. The number of piperazine rings is 1. The minimum atomic E-state index is -0.0675. The summed E-state index contributed by atoms with van der Waals surface area (Å²) in [7, 11) is 0. The fraction of sp³-hybridized carbons (Fsp3) is 0.321. The second-order valence-electron chi connectivity index (χ2n) is 8.80. The number of hydrogen-bond donors (Lipinski definition) is 0. The first-order valence-corrected chi connectivity index (χ1v) is 11.9. The van der Waals surface area contributed by atoms with Crippen molar-refractivity contribution in [3.63, 3.8) is 0 Å². The number of halogens is 1. The molecule has 0 radical (unpaired) electrons. The van der Waals surface area contributed by atoms with Gasteiger partial charge in [0.2, 0.25) is 0 Å². The summed E-state index contributed by atoms with van der Waals surface area (Å²) < 4.78 is 6.40. The lowest BCUT2D eigenvalue weighted by molar-refractivity contribution is 0.00341. The van der Waals surface area contributed by atoms with Crippen LogP contribution in [0.2, 0.25) is 5.02 Å². The molecule has 0 aromatic heterocycles. The van der Waals surface area contributed by atoms with Crippen LogP contribution >= 0.6 is 11.6 Å². The van der Waals surface area contributed by atoms with Gasteiger partial charge in [0.05, 0.1) is 12.7 Å². The molecule has 1 heterocycles. The van der Waals surface area contributed by atoms with Crippen LogP contribution in [0.1, 0.15) is 38.7 Å². The van der Waals surface area contributed by atoms with Gasteiger partial charge in [0.15, 0.2) is 0 Å². The van der Waals surface area contributed by atoms with Crippen molar-refractivity contribution in [1.29, 1.82) is 0 Å². The van der Waals surface area contributed by atoms with Crippen molar-refractivity contribution in [3.8, 4) is 0 Å². The standard InChI is InChI=1S/C28H31ClN2O2/c1-21-6-8-25(9-7-21)28(32)31-16-14-30(15-17-31)19-27(24-10-12-26(29)13-11-24)33-20-23-5-3-4-22(2)18-23/h3-13,18,27H,14-17,19-20H2,1-2H3/t27-/m1/s1. The molecule has 0 spiro atoms. The SMILES string of the molecule is Cc1ccc(C(=O)N2CCN(C[C@@H](OCc3cccc(C)c3)c3ccc(Cl)cc3)CC2)cc1. The molecular formula is C28H31ClN2O2. The van der Waals surface area contributed by atoms with E-state index in [1.807, 2.05) is 60.4 Å². The van der Waals surface area contributed by atoms with Crippen LogP contribution in [0, 0.1) is 13.8 Å². The fourth-order valence-electron chi connectivity index (χ4n) is 4.18. The fourth-order valence-corrected chi connectivity index (χ4v) is 4.30. The Labute approximate surface area is 201 Å². The number of rotatable bonds is 7. The zero-order valence-corrected chi connectivity index (χ0v) is 20.1. The number of carbonyl (C=O) groups is 1. The second-order valence-corrected chi connectivity index (χ2v) is 9.24. The van der Waals surface area contributed by atoms with Gasteiger partial charge in [-0.15, -0.1) is 0 Å². The summed E-state index contributed by atoms with van der Waals surface area (Å²) >= 11 is 6.11. The van der Waals surface area contributed by atoms with Gasteiger partial charge < -0.3 is 9.64 Å². The van der Waals surface area contributed by atoms with Gasteiger partial charge in [-0.1, -0.05) is 71.3 Å². The average Bonchev–Trinajstić information content (AvgIpc) is 2.83. The molecule has 3 aromatic carbocycles. The molecule has 0 unspecified atom stereocenters. The number of amides is 1. The van der Waals surface area contributed by atoms with E-state index >= 15 is 0 Å². The highest BCUT2D eigenvalue weighted by molar-refractivity contribution is 6.30. The van der Waals surface area contributed by atoms with E-state index in [1.165, 1.54) is 11.1 Å². The van der Waals surface area contributed by atoms with E-state index in [1.54, 1.807) is 0 Å². The number of benzene rings is 3. The number of hydrogen-bond acceptors (Lipinski definition) is 3. The van der Waals surface area contributed by atoms with E-state index < -0.39 is 0 Å². The molecule has 4 nitrogen and oxygen atoms in total. The van der Waals surface area contributed by atoms with Crippen LogP contribution in [-0.4, -0.2) is 48.4 Å². The largest absolute Gasteiger partial charge is 0.368 e. The maximum atomic E-state index is 12.9. The smallest absolute Gasteiger partial charge is 0.253 e. The molecule has 0 saturated carbocycles. The van der Waals surface area contributed by atoms with Crippen LogP contribution in [0.5, 0.6) is 0 Å². The minimum absolute atomic E-state index is 0.0675. The van der Waals surface area contributed by atoms with E-state index in [0.29, 0.717) is 6.61 Å². The molecule has 0 N–H and O–H groups in total. The van der Waals surface area contributed by atoms with Crippen LogP contribution in [0.15, 0.2) is 72.8 Å². The Hall–Kier alpha value is -2.66. The third-order valence-electron chi connectivity index (χ3n) is 6.16. The van der Waals surface area contributed by atoms with Crippen LogP contribution in [0.4, 0.5) is 0 Å². The molecule has 1 amide bonds. The summed E-state index contributed by atoms with van der Waals surface area (Å²) in [6, 6.07) is 24.1. The molecule has 172 valence electrons. The summed E-state index contributed by atoms with van der Waals surface area (Å²) in [5.74, 6) is 0.111. The van der Waals surface area contributed by atoms with Gasteiger partial charge in [-0.2, -0.15) is 0 Å². The topological polar surface area (TPSA) is 32.8 Å². The predicted molar refractivity (Wildman–Crippen MR) is 134 cm³/mol. The Morgan fingerprint density at radius 3 is 2.27 bits per heavy atom. The second kappa shape index (κ2) is 11.0. The Morgan fingerprint density at radius 2 is 1.61 bits per heavy atom. The molecule has 4 rings (SSSR count). The first kappa shape index (κ1) is 23.5. The number of ether oxygens (including phenoxy) is 1. The van der Waals surface area contributed by atoms with Crippen molar-refractivity contribution < 1.29 is 9.53 Å². The van der Waals surface area contributed by atoms with E-state index in [2.05, 4.69) is 36.1 Å². The lowest BCUT2D eigenvalue weighted by atomic mass is 10.1. The van der Waals surface area contributed by atoms with Crippen molar-refractivity contribution in [2.75, 3.05) is 32.7 Å². The van der Waals surface area contributed by atoms with E-state index in [9.17, 15) is 4.79 Å². The molecule has 3 aromatic rings. The molecule has 0 aliphatic carbocycles. The van der Waals surface area contributed by atoms with Gasteiger partial charge in [0.1, 0.15) is 0 Å². The molecular weight excluding hydrogens is 432 g/mol. The third-order valence-corrected chi connectivity index (χ3v) is 6.41. The predicted octanol–water partition coefficient (Wildman–Crippen LogP) is 5.67. The molecule has 0 bridgehead atoms. The van der Waals surface area contributed by atoms with Crippen LogP contribution in [0.3, 0.4) is 0 Å². The number of carbonyl (C=O) groups excluding carboxylic acids is 1. The van der Waals surface area contributed by atoms with Gasteiger partial charge in [-0.05, 0) is 49.2 Å². The quantitative estimate of drug-likeness (QED) is 0.453. The van der Waals surface area contributed by atoms with Gasteiger partial charge in [-0.3, -0.25) is 9.69 Å². The minimum Gasteiger partial charge on any atom is -0.368 e. The van der Waals surface area contributed by atoms with E-state index in [-0.39, 0.29) is 12.0 Å².